The lowest BCUT2D eigenvalue weighted by molar-refractivity contribution is -0.177. The van der Waals surface area contributed by atoms with E-state index in [0.29, 0.717) is 4.90 Å². The number of aliphatic carboxylic acids is 1. The van der Waals surface area contributed by atoms with E-state index < -0.39 is 116 Å². The maximum atomic E-state index is 13.6. The van der Waals surface area contributed by atoms with Crippen LogP contribution in [0.2, 0.25) is 5.02 Å². The van der Waals surface area contributed by atoms with Crippen molar-refractivity contribution in [1.29, 1.82) is 5.26 Å². The molecule has 5 atom stereocenters. The van der Waals surface area contributed by atoms with Crippen LogP contribution >= 0.6 is 11.6 Å². The van der Waals surface area contributed by atoms with Crippen molar-refractivity contribution in [1.82, 2.24) is 4.90 Å². The molecule has 2 amide bonds. The summed E-state index contributed by atoms with van der Waals surface area (Å²) in [5.74, 6) is -10.7. The summed E-state index contributed by atoms with van der Waals surface area (Å²) in [6.45, 7) is -3.73. The maximum absolute atomic E-state index is 13.6. The van der Waals surface area contributed by atoms with Crippen molar-refractivity contribution >= 4 is 39.2 Å². The third-order valence-corrected chi connectivity index (χ3v) is 10.4. The molecule has 1 aliphatic heterocycles. The Bertz CT molecular complexity index is 1420. The molecule has 2 unspecified atom stereocenters. The number of benzene rings is 1. The van der Waals surface area contributed by atoms with Crippen LogP contribution in [0.4, 0.5) is 22.0 Å². The number of nitriles is 1. The molecule has 40 heavy (non-hydrogen) atoms. The summed E-state index contributed by atoms with van der Waals surface area (Å²) in [4.78, 5) is 38.3. The predicted molar refractivity (Wildman–Crippen MR) is 124 cm³/mol. The van der Waals surface area contributed by atoms with Gasteiger partial charge in [0.2, 0.25) is 11.8 Å². The summed E-state index contributed by atoms with van der Waals surface area (Å²) in [6.07, 6.45) is -6.52. The van der Waals surface area contributed by atoms with E-state index in [1.54, 1.807) is 6.07 Å². The molecule has 0 bridgehead atoms. The number of nitrogens with two attached hydrogens (primary N) is 1. The van der Waals surface area contributed by atoms with Crippen molar-refractivity contribution < 1.29 is 54.6 Å². The minimum Gasteiger partial charge on any atom is -0.484 e. The van der Waals surface area contributed by atoms with Gasteiger partial charge in [0.15, 0.2) is 16.4 Å². The fourth-order valence-corrected chi connectivity index (χ4v) is 8.16. The van der Waals surface area contributed by atoms with Crippen LogP contribution < -0.4 is 10.5 Å². The molecule has 10 nitrogen and oxygen atoms in total. The molecule has 3 N–H and O–H groups in total. The summed E-state index contributed by atoms with van der Waals surface area (Å²) in [6, 6.07) is 4.25. The Labute approximate surface area is 228 Å². The van der Waals surface area contributed by atoms with Crippen molar-refractivity contribution in [2.45, 2.75) is 41.5 Å². The van der Waals surface area contributed by atoms with Gasteiger partial charge in [-0.1, -0.05) is 11.6 Å². The van der Waals surface area contributed by atoms with Crippen LogP contribution in [0.25, 0.3) is 0 Å². The number of likely N-dealkylation sites (tertiary alicyclic amines) is 1. The van der Waals surface area contributed by atoms with Crippen molar-refractivity contribution in [2.75, 3.05) is 19.7 Å². The molecule has 2 saturated carbocycles. The van der Waals surface area contributed by atoms with Crippen molar-refractivity contribution in [2.24, 2.45) is 28.4 Å². The fraction of sp³-hybridized carbons (Fsp3) is 0.565. The molecular formula is C23H21ClF5N3O7S. The normalized spacial score (nSPS) is 31.1. The summed E-state index contributed by atoms with van der Waals surface area (Å²) in [5, 5.41) is 17.8. The van der Waals surface area contributed by atoms with Gasteiger partial charge in [0.25, 0.3) is 5.92 Å². The highest BCUT2D eigenvalue weighted by molar-refractivity contribution is 7.92. The van der Waals surface area contributed by atoms with Gasteiger partial charge < -0.3 is 20.5 Å². The van der Waals surface area contributed by atoms with E-state index in [1.807, 2.05) is 0 Å². The van der Waals surface area contributed by atoms with E-state index in [9.17, 15) is 55.1 Å². The lowest BCUT2D eigenvalue weighted by Crippen LogP contribution is -2.61. The zero-order chi connectivity index (χ0) is 30.1. The molecule has 4 rings (SSSR count). The molecule has 1 aromatic rings. The first-order valence-corrected chi connectivity index (χ1v) is 13.6. The van der Waals surface area contributed by atoms with Gasteiger partial charge in [0.1, 0.15) is 11.2 Å². The van der Waals surface area contributed by atoms with E-state index >= 15 is 0 Å². The first-order chi connectivity index (χ1) is 18.3. The second kappa shape index (κ2) is 9.44. The molecule has 0 radical (unpaired) electrons. The van der Waals surface area contributed by atoms with Gasteiger partial charge in [-0.05, 0) is 31.4 Å². The van der Waals surface area contributed by atoms with Crippen LogP contribution in [0.1, 0.15) is 19.3 Å². The van der Waals surface area contributed by atoms with Crippen molar-refractivity contribution in [3.05, 3.63) is 23.2 Å². The van der Waals surface area contributed by atoms with Gasteiger partial charge in [-0.3, -0.25) is 14.4 Å². The molecule has 2 aliphatic carbocycles. The topological polar surface area (TPSA) is 168 Å². The number of hydrogen-bond donors (Lipinski definition) is 2. The number of rotatable bonds is 8. The van der Waals surface area contributed by atoms with Gasteiger partial charge in [-0.15, -0.1) is 0 Å². The highest BCUT2D eigenvalue weighted by atomic mass is 35.5. The summed E-state index contributed by atoms with van der Waals surface area (Å²) >= 11 is 6.05. The summed E-state index contributed by atoms with van der Waals surface area (Å²) < 4.78 is 96.2. The molecule has 0 spiro atoms. The number of nitrogens with zero attached hydrogens (tertiary/aromatic N) is 2. The maximum Gasteiger partial charge on any atom is 0.422 e. The Morgan fingerprint density at radius 1 is 1.23 bits per heavy atom. The largest absolute Gasteiger partial charge is 0.484 e. The molecule has 0 aromatic heterocycles. The number of alkyl halides is 5. The number of primary amides is 1. The Morgan fingerprint density at radius 3 is 2.30 bits per heavy atom. The molecular weight excluding hydrogens is 593 g/mol. The standard InChI is InChI=1S/C23H21ClF5N3O7S/c24-14-3-11(39-10-23(27,28)29)1-2-15(14)40(37,38)12-4-13(17(33)32-8-21(25,26)9-32)22(5-12,19(35)36)16-6-20(16,7-30)18(31)34/h1-3,12-13,16H,4-6,8-10H2,(H2,31,34)(H,35,36)/t12-,13+,16?,20?,22+/m1/s1. The predicted octanol–water partition coefficient (Wildman–Crippen LogP) is 2.40. The van der Waals surface area contributed by atoms with Crippen LogP contribution in [0, 0.1) is 34.0 Å². The molecule has 218 valence electrons. The highest BCUT2D eigenvalue weighted by Gasteiger charge is 2.76. The van der Waals surface area contributed by atoms with Gasteiger partial charge in [0, 0.05) is 12.0 Å². The third-order valence-electron chi connectivity index (χ3n) is 7.81. The number of ether oxygens (including phenoxy) is 1. The molecule has 17 heteroatoms. The van der Waals surface area contributed by atoms with E-state index in [-0.39, 0.29) is 6.42 Å². The Hall–Kier alpha value is -3.19. The second-order valence-electron chi connectivity index (χ2n) is 10.3. The number of sulfone groups is 1. The molecule has 1 aromatic carbocycles. The average Bonchev–Trinajstić information content (AvgIpc) is 3.44. The van der Waals surface area contributed by atoms with Gasteiger partial charge in [-0.2, -0.15) is 18.4 Å². The molecule has 1 saturated heterocycles. The monoisotopic (exact) mass is 613 g/mol. The molecule has 3 aliphatic rings. The van der Waals surface area contributed by atoms with Crippen LogP contribution in [-0.4, -0.2) is 73.3 Å². The van der Waals surface area contributed by atoms with Crippen LogP contribution in [0.15, 0.2) is 23.1 Å². The highest BCUT2D eigenvalue weighted by Crippen LogP contribution is 2.68. The smallest absolute Gasteiger partial charge is 0.422 e. The number of carboxylic acids is 1. The number of carboxylic acid groups (broad SMARTS) is 1. The minimum atomic E-state index is -4.68. The summed E-state index contributed by atoms with van der Waals surface area (Å²) in [5.41, 5.74) is 1.01. The van der Waals surface area contributed by atoms with Crippen LogP contribution in [0.3, 0.4) is 0 Å². The number of carbonyl (C=O) groups excluding carboxylic acids is 2. The Morgan fingerprint density at radius 2 is 1.85 bits per heavy atom. The number of carbonyl (C=O) groups is 3. The zero-order valence-corrected chi connectivity index (χ0v) is 21.8. The van der Waals surface area contributed by atoms with Crippen molar-refractivity contribution in [3.63, 3.8) is 0 Å². The lowest BCUT2D eigenvalue weighted by atomic mass is 9.70. The third kappa shape index (κ3) is 4.83. The Balaban J connectivity index is 1.72. The van der Waals surface area contributed by atoms with Gasteiger partial charge in [-0.25, -0.2) is 17.2 Å². The number of hydrogen-bond acceptors (Lipinski definition) is 7. The van der Waals surface area contributed by atoms with Crippen LogP contribution in [0.5, 0.6) is 5.75 Å². The van der Waals surface area contributed by atoms with Gasteiger partial charge >= 0.3 is 12.1 Å². The number of amides is 2. The minimum absolute atomic E-state index is 0.385. The molecule has 1 heterocycles. The number of halogens is 6. The van der Waals surface area contributed by atoms with Crippen molar-refractivity contribution in [3.8, 4) is 11.8 Å². The van der Waals surface area contributed by atoms with E-state index in [4.69, 9.17) is 17.3 Å². The van der Waals surface area contributed by atoms with E-state index in [1.165, 1.54) is 0 Å². The van der Waals surface area contributed by atoms with E-state index in [2.05, 4.69) is 4.74 Å². The first kappa shape index (κ1) is 29.8. The average molecular weight is 614 g/mol. The fourth-order valence-electron chi connectivity index (χ4n) is 5.77. The quantitative estimate of drug-likeness (QED) is 0.421. The second-order valence-corrected chi connectivity index (χ2v) is 12.9. The Kier molecular flexibility index (Phi) is 7.03. The zero-order valence-electron chi connectivity index (χ0n) is 20.3. The summed E-state index contributed by atoms with van der Waals surface area (Å²) in [7, 11) is -4.60. The van der Waals surface area contributed by atoms with Gasteiger partial charge in [0.05, 0.1) is 45.7 Å². The lowest BCUT2D eigenvalue weighted by Gasteiger charge is -2.42. The first-order valence-electron chi connectivity index (χ1n) is 11.6. The molecule has 3 fully saturated rings. The van der Waals surface area contributed by atoms with E-state index in [0.717, 1.165) is 18.2 Å². The van der Waals surface area contributed by atoms with Crippen LogP contribution in [-0.2, 0) is 24.2 Å². The SMILES string of the molecule is N#CC1(C(N)=O)CC1[C@]1(C(=O)O)C[C@H](S(=O)(=O)c2ccc(OCC(F)(F)F)cc2Cl)C[C@H]1C(=O)N1CC(F)(F)C1.